The molecule has 6 heteroatoms. The van der Waals surface area contributed by atoms with Crippen molar-refractivity contribution in [3.63, 3.8) is 0 Å². The highest BCUT2D eigenvalue weighted by molar-refractivity contribution is 5.42. The minimum atomic E-state index is 0.678. The molecule has 0 saturated carbocycles. The van der Waals surface area contributed by atoms with Gasteiger partial charge in [-0.25, -0.2) is 4.98 Å². The van der Waals surface area contributed by atoms with Crippen LogP contribution in [0.5, 0.6) is 0 Å². The van der Waals surface area contributed by atoms with Crippen molar-refractivity contribution in [1.82, 2.24) is 19.7 Å². The van der Waals surface area contributed by atoms with E-state index in [9.17, 15) is 0 Å². The number of aromatic nitrogens is 4. The van der Waals surface area contributed by atoms with E-state index in [2.05, 4.69) is 32.6 Å². The van der Waals surface area contributed by atoms with Crippen LogP contribution in [0.4, 0.5) is 11.8 Å². The fourth-order valence-corrected chi connectivity index (χ4v) is 1.98. The molecular formula is C14H22N6. The van der Waals surface area contributed by atoms with Gasteiger partial charge in [0.05, 0.1) is 5.69 Å². The van der Waals surface area contributed by atoms with Crippen molar-refractivity contribution in [3.8, 4) is 0 Å². The maximum Gasteiger partial charge on any atom is 0.224 e. The van der Waals surface area contributed by atoms with Crippen LogP contribution in [0.3, 0.4) is 0 Å². The molecule has 2 rings (SSSR count). The molecule has 0 unspecified atom stereocenters. The lowest BCUT2D eigenvalue weighted by Gasteiger charge is -2.09. The maximum atomic E-state index is 4.46. The van der Waals surface area contributed by atoms with Gasteiger partial charge in [-0.05, 0) is 20.3 Å². The van der Waals surface area contributed by atoms with Gasteiger partial charge in [-0.3, -0.25) is 4.68 Å². The molecule has 0 fully saturated rings. The molecule has 2 aromatic heterocycles. The smallest absolute Gasteiger partial charge is 0.224 e. The number of hydrogen-bond donors (Lipinski definition) is 2. The van der Waals surface area contributed by atoms with E-state index in [1.54, 1.807) is 0 Å². The lowest BCUT2D eigenvalue weighted by atomic mass is 10.2. The summed E-state index contributed by atoms with van der Waals surface area (Å²) >= 11 is 0. The van der Waals surface area contributed by atoms with Crippen molar-refractivity contribution in [1.29, 1.82) is 0 Å². The lowest BCUT2D eigenvalue weighted by Crippen LogP contribution is -2.08. The number of nitrogens with one attached hydrogen (secondary N) is 2. The third kappa shape index (κ3) is 3.69. The second-order valence-electron chi connectivity index (χ2n) is 4.91. The van der Waals surface area contributed by atoms with E-state index >= 15 is 0 Å². The third-order valence-electron chi connectivity index (χ3n) is 2.96. The SMILES string of the molecule is CCCNc1nc(C)cc(NCc2cn(C)nc2C)n1. The first-order chi connectivity index (χ1) is 9.58. The predicted molar refractivity (Wildman–Crippen MR) is 80.8 cm³/mol. The quantitative estimate of drug-likeness (QED) is 0.845. The van der Waals surface area contributed by atoms with Gasteiger partial charge in [0.15, 0.2) is 0 Å². The Hall–Kier alpha value is -2.11. The highest BCUT2D eigenvalue weighted by Crippen LogP contribution is 2.12. The number of anilines is 2. The number of hydrogen-bond acceptors (Lipinski definition) is 5. The molecule has 2 heterocycles. The number of rotatable bonds is 6. The second-order valence-corrected chi connectivity index (χ2v) is 4.91. The Morgan fingerprint density at radius 3 is 2.65 bits per heavy atom. The molecule has 108 valence electrons. The molecule has 2 aromatic rings. The van der Waals surface area contributed by atoms with E-state index < -0.39 is 0 Å². The van der Waals surface area contributed by atoms with Gasteiger partial charge in [0.25, 0.3) is 0 Å². The van der Waals surface area contributed by atoms with Crippen molar-refractivity contribution < 1.29 is 0 Å². The van der Waals surface area contributed by atoms with Crippen molar-refractivity contribution in [2.75, 3.05) is 17.2 Å². The molecule has 0 amide bonds. The maximum absolute atomic E-state index is 4.46. The van der Waals surface area contributed by atoms with Crippen molar-refractivity contribution in [2.45, 2.75) is 33.7 Å². The van der Waals surface area contributed by atoms with Crippen LogP contribution in [-0.2, 0) is 13.6 Å². The van der Waals surface area contributed by atoms with Crippen LogP contribution in [0.2, 0.25) is 0 Å². The van der Waals surface area contributed by atoms with Gasteiger partial charge in [0, 0.05) is 43.7 Å². The molecule has 0 aliphatic rings. The van der Waals surface area contributed by atoms with Gasteiger partial charge in [0.1, 0.15) is 5.82 Å². The van der Waals surface area contributed by atoms with Crippen LogP contribution in [0.25, 0.3) is 0 Å². The minimum Gasteiger partial charge on any atom is -0.366 e. The molecule has 2 N–H and O–H groups in total. The average Bonchev–Trinajstić information content (AvgIpc) is 2.72. The summed E-state index contributed by atoms with van der Waals surface area (Å²) in [5, 5.41) is 10.9. The molecule has 0 atom stereocenters. The Bertz CT molecular complexity index is 575. The zero-order valence-corrected chi connectivity index (χ0v) is 12.6. The molecule has 0 aliphatic heterocycles. The van der Waals surface area contributed by atoms with E-state index in [1.165, 1.54) is 5.56 Å². The van der Waals surface area contributed by atoms with E-state index in [0.29, 0.717) is 12.5 Å². The van der Waals surface area contributed by atoms with Crippen molar-refractivity contribution in [2.24, 2.45) is 7.05 Å². The first-order valence-electron chi connectivity index (χ1n) is 6.91. The number of nitrogens with zero attached hydrogens (tertiary/aromatic N) is 4. The summed E-state index contributed by atoms with van der Waals surface area (Å²) in [6, 6.07) is 1.95. The molecule has 0 aliphatic carbocycles. The summed E-state index contributed by atoms with van der Waals surface area (Å²) in [6.07, 6.45) is 3.07. The molecule has 0 spiro atoms. The molecule has 0 bridgehead atoms. The van der Waals surface area contributed by atoms with Crippen molar-refractivity contribution in [3.05, 3.63) is 29.2 Å². The average molecular weight is 274 g/mol. The first kappa shape index (κ1) is 14.3. The van der Waals surface area contributed by atoms with E-state index in [-0.39, 0.29) is 0 Å². The summed E-state index contributed by atoms with van der Waals surface area (Å²) in [6.45, 7) is 7.69. The van der Waals surface area contributed by atoms with Gasteiger partial charge in [0.2, 0.25) is 5.95 Å². The summed E-state index contributed by atoms with van der Waals surface area (Å²) in [7, 11) is 1.93. The van der Waals surface area contributed by atoms with Crippen LogP contribution in [-0.4, -0.2) is 26.3 Å². The summed E-state index contributed by atoms with van der Waals surface area (Å²) in [5.74, 6) is 1.51. The van der Waals surface area contributed by atoms with Gasteiger partial charge >= 0.3 is 0 Å². The topological polar surface area (TPSA) is 67.7 Å². The van der Waals surface area contributed by atoms with Crippen molar-refractivity contribution >= 4 is 11.8 Å². The normalized spacial score (nSPS) is 10.6. The Labute approximate surface area is 119 Å². The van der Waals surface area contributed by atoms with E-state index in [4.69, 9.17) is 0 Å². The third-order valence-corrected chi connectivity index (χ3v) is 2.96. The molecule has 6 nitrogen and oxygen atoms in total. The highest BCUT2D eigenvalue weighted by atomic mass is 15.3. The Kier molecular flexibility index (Phi) is 4.55. The van der Waals surface area contributed by atoms with Gasteiger partial charge in [-0.15, -0.1) is 0 Å². The van der Waals surface area contributed by atoms with Gasteiger partial charge in [-0.2, -0.15) is 10.1 Å². The monoisotopic (exact) mass is 274 g/mol. The Morgan fingerprint density at radius 2 is 2.00 bits per heavy atom. The molecule has 20 heavy (non-hydrogen) atoms. The Balaban J connectivity index is 2.05. The fourth-order valence-electron chi connectivity index (χ4n) is 1.98. The van der Waals surface area contributed by atoms with Crippen LogP contribution < -0.4 is 10.6 Å². The zero-order valence-electron chi connectivity index (χ0n) is 12.6. The fraction of sp³-hybridized carbons (Fsp3) is 0.500. The van der Waals surface area contributed by atoms with Crippen LogP contribution in [0, 0.1) is 13.8 Å². The van der Waals surface area contributed by atoms with Gasteiger partial charge in [-0.1, -0.05) is 6.92 Å². The van der Waals surface area contributed by atoms with E-state index in [0.717, 1.165) is 30.2 Å². The summed E-state index contributed by atoms with van der Waals surface area (Å²) in [4.78, 5) is 8.83. The Morgan fingerprint density at radius 1 is 1.20 bits per heavy atom. The molecule has 0 radical (unpaired) electrons. The molecule has 0 aromatic carbocycles. The van der Waals surface area contributed by atoms with Crippen LogP contribution in [0.1, 0.15) is 30.3 Å². The van der Waals surface area contributed by atoms with Gasteiger partial charge < -0.3 is 10.6 Å². The minimum absolute atomic E-state index is 0.678. The summed E-state index contributed by atoms with van der Waals surface area (Å²) in [5.41, 5.74) is 3.16. The molecular weight excluding hydrogens is 252 g/mol. The number of aryl methyl sites for hydroxylation is 3. The lowest BCUT2D eigenvalue weighted by molar-refractivity contribution is 0.756. The first-order valence-corrected chi connectivity index (χ1v) is 6.91. The standard InChI is InChI=1S/C14H22N6/c1-5-6-15-14-17-10(2)7-13(18-14)16-8-12-9-20(4)19-11(12)3/h7,9H,5-6,8H2,1-4H3,(H2,15,16,17,18). The van der Waals surface area contributed by atoms with Crippen LogP contribution in [0.15, 0.2) is 12.3 Å². The van der Waals surface area contributed by atoms with E-state index in [1.807, 2.05) is 37.8 Å². The largest absolute Gasteiger partial charge is 0.366 e. The second kappa shape index (κ2) is 6.36. The predicted octanol–water partition coefficient (Wildman–Crippen LogP) is 2.26. The molecule has 0 saturated heterocycles. The zero-order chi connectivity index (χ0) is 14.5. The highest BCUT2D eigenvalue weighted by Gasteiger charge is 2.05. The van der Waals surface area contributed by atoms with Crippen LogP contribution >= 0.6 is 0 Å². The summed E-state index contributed by atoms with van der Waals surface area (Å²) < 4.78 is 1.83.